The Bertz CT molecular complexity index is 202. The van der Waals surface area contributed by atoms with Crippen molar-refractivity contribution in [2.75, 3.05) is 0 Å². The lowest BCUT2D eigenvalue weighted by Gasteiger charge is -1.96. The number of aromatic nitrogens is 3. The van der Waals surface area contributed by atoms with Gasteiger partial charge in [0.05, 0.1) is 5.69 Å². The zero-order valence-corrected chi connectivity index (χ0v) is 6.70. The van der Waals surface area contributed by atoms with Gasteiger partial charge < -0.3 is 0 Å². The van der Waals surface area contributed by atoms with Crippen LogP contribution >= 0.6 is 0 Å². The first-order valence-corrected chi connectivity index (χ1v) is 3.53. The van der Waals surface area contributed by atoms with Gasteiger partial charge in [-0.1, -0.05) is 19.1 Å². The van der Waals surface area contributed by atoms with Gasteiger partial charge in [0.15, 0.2) is 0 Å². The summed E-state index contributed by atoms with van der Waals surface area (Å²) >= 11 is 0. The van der Waals surface area contributed by atoms with Crippen LogP contribution in [0, 0.1) is 5.92 Å². The van der Waals surface area contributed by atoms with E-state index in [1.807, 2.05) is 13.2 Å². The molecule has 0 bridgehead atoms. The maximum absolute atomic E-state index is 3.97. The van der Waals surface area contributed by atoms with Crippen molar-refractivity contribution >= 4 is 0 Å². The molecule has 0 aromatic carbocycles. The van der Waals surface area contributed by atoms with Crippen LogP contribution in [0.25, 0.3) is 0 Å². The summed E-state index contributed by atoms with van der Waals surface area (Å²) in [5, 5.41) is 7.81. The van der Waals surface area contributed by atoms with Crippen molar-refractivity contribution in [2.45, 2.75) is 20.3 Å². The Morgan fingerprint density at radius 1 is 1.60 bits per heavy atom. The van der Waals surface area contributed by atoms with Gasteiger partial charge in [0.1, 0.15) is 0 Å². The SMILES string of the molecule is CC(C)Cc1cn(C)nn1. The van der Waals surface area contributed by atoms with Crippen LogP contribution in [0.1, 0.15) is 19.5 Å². The molecule has 0 N–H and O–H groups in total. The predicted octanol–water partition coefficient (Wildman–Crippen LogP) is 1.01. The fourth-order valence-electron chi connectivity index (χ4n) is 0.907. The van der Waals surface area contributed by atoms with Crippen molar-refractivity contribution in [3.05, 3.63) is 11.9 Å². The molecule has 0 unspecified atom stereocenters. The van der Waals surface area contributed by atoms with E-state index in [1.165, 1.54) is 0 Å². The maximum Gasteiger partial charge on any atom is 0.0829 e. The number of aryl methyl sites for hydroxylation is 1. The van der Waals surface area contributed by atoms with Gasteiger partial charge in [0.25, 0.3) is 0 Å². The standard InChI is InChI=1S/C7H13N3/c1-6(2)4-7-5-10(3)9-8-7/h5-6H,4H2,1-3H3. The molecule has 0 atom stereocenters. The maximum atomic E-state index is 3.97. The highest BCUT2D eigenvalue weighted by atomic mass is 15.4. The number of hydrogen-bond donors (Lipinski definition) is 0. The third-order valence-electron chi connectivity index (χ3n) is 1.27. The van der Waals surface area contributed by atoms with E-state index >= 15 is 0 Å². The minimum Gasteiger partial charge on any atom is -0.255 e. The van der Waals surface area contributed by atoms with Gasteiger partial charge in [-0.3, -0.25) is 4.68 Å². The van der Waals surface area contributed by atoms with Gasteiger partial charge in [0, 0.05) is 13.2 Å². The van der Waals surface area contributed by atoms with E-state index in [4.69, 9.17) is 0 Å². The first kappa shape index (κ1) is 7.25. The summed E-state index contributed by atoms with van der Waals surface area (Å²) in [6, 6.07) is 0. The minimum atomic E-state index is 0.664. The van der Waals surface area contributed by atoms with Crippen LogP contribution in [0.3, 0.4) is 0 Å². The van der Waals surface area contributed by atoms with Crippen LogP contribution in [-0.2, 0) is 13.5 Å². The second-order valence-corrected chi connectivity index (χ2v) is 2.98. The molecule has 1 aromatic rings. The monoisotopic (exact) mass is 139 g/mol. The quantitative estimate of drug-likeness (QED) is 0.612. The highest BCUT2D eigenvalue weighted by molar-refractivity contribution is 4.92. The average Bonchev–Trinajstić information content (AvgIpc) is 2.13. The number of rotatable bonds is 2. The van der Waals surface area contributed by atoms with Crippen molar-refractivity contribution in [2.24, 2.45) is 13.0 Å². The smallest absolute Gasteiger partial charge is 0.0829 e. The van der Waals surface area contributed by atoms with Crippen molar-refractivity contribution < 1.29 is 0 Å². The van der Waals surface area contributed by atoms with Gasteiger partial charge in [-0.25, -0.2) is 0 Å². The fraction of sp³-hybridized carbons (Fsp3) is 0.714. The molecule has 3 nitrogen and oxygen atoms in total. The molecule has 0 aliphatic carbocycles. The van der Waals surface area contributed by atoms with E-state index in [-0.39, 0.29) is 0 Å². The molecule has 0 fully saturated rings. The summed E-state index contributed by atoms with van der Waals surface area (Å²) in [6.07, 6.45) is 2.98. The van der Waals surface area contributed by atoms with E-state index in [0.29, 0.717) is 5.92 Å². The largest absolute Gasteiger partial charge is 0.255 e. The van der Waals surface area contributed by atoms with Crippen LogP contribution < -0.4 is 0 Å². The van der Waals surface area contributed by atoms with Gasteiger partial charge in [-0.15, -0.1) is 5.10 Å². The van der Waals surface area contributed by atoms with Crippen molar-refractivity contribution in [3.8, 4) is 0 Å². The van der Waals surface area contributed by atoms with Crippen LogP contribution in [-0.4, -0.2) is 15.0 Å². The second-order valence-electron chi connectivity index (χ2n) is 2.98. The third-order valence-corrected chi connectivity index (χ3v) is 1.27. The highest BCUT2D eigenvalue weighted by Gasteiger charge is 1.99. The molecular formula is C7H13N3. The summed E-state index contributed by atoms with van der Waals surface area (Å²) < 4.78 is 1.73. The highest BCUT2D eigenvalue weighted by Crippen LogP contribution is 2.02. The molecular weight excluding hydrogens is 126 g/mol. The Balaban J connectivity index is 2.58. The molecule has 56 valence electrons. The summed E-state index contributed by atoms with van der Waals surface area (Å²) in [5.74, 6) is 0.664. The van der Waals surface area contributed by atoms with Crippen molar-refractivity contribution in [1.82, 2.24) is 15.0 Å². The minimum absolute atomic E-state index is 0.664. The molecule has 0 amide bonds. The lowest BCUT2D eigenvalue weighted by molar-refractivity contribution is 0.633. The summed E-state index contributed by atoms with van der Waals surface area (Å²) in [6.45, 7) is 4.35. The molecule has 0 aliphatic heterocycles. The third kappa shape index (κ3) is 1.83. The topological polar surface area (TPSA) is 30.7 Å². The number of hydrogen-bond acceptors (Lipinski definition) is 2. The van der Waals surface area contributed by atoms with Crippen LogP contribution in [0.2, 0.25) is 0 Å². The predicted molar refractivity (Wildman–Crippen MR) is 39.5 cm³/mol. The zero-order valence-electron chi connectivity index (χ0n) is 6.70. The molecule has 0 aliphatic rings. The molecule has 0 radical (unpaired) electrons. The van der Waals surface area contributed by atoms with Gasteiger partial charge >= 0.3 is 0 Å². The first-order chi connectivity index (χ1) is 4.68. The van der Waals surface area contributed by atoms with Crippen molar-refractivity contribution in [1.29, 1.82) is 0 Å². The Hall–Kier alpha value is -0.860. The average molecular weight is 139 g/mol. The molecule has 10 heavy (non-hydrogen) atoms. The van der Waals surface area contributed by atoms with E-state index in [9.17, 15) is 0 Å². The summed E-state index contributed by atoms with van der Waals surface area (Å²) in [5.41, 5.74) is 1.08. The van der Waals surface area contributed by atoms with Crippen LogP contribution in [0.5, 0.6) is 0 Å². The fourth-order valence-corrected chi connectivity index (χ4v) is 0.907. The van der Waals surface area contributed by atoms with Gasteiger partial charge in [-0.2, -0.15) is 0 Å². The van der Waals surface area contributed by atoms with Crippen molar-refractivity contribution in [3.63, 3.8) is 0 Å². The molecule has 0 saturated heterocycles. The Morgan fingerprint density at radius 3 is 2.70 bits per heavy atom. The zero-order chi connectivity index (χ0) is 7.56. The van der Waals surface area contributed by atoms with E-state index in [0.717, 1.165) is 12.1 Å². The van der Waals surface area contributed by atoms with Crippen LogP contribution in [0.15, 0.2) is 6.20 Å². The van der Waals surface area contributed by atoms with Crippen LogP contribution in [0.4, 0.5) is 0 Å². The lowest BCUT2D eigenvalue weighted by atomic mass is 10.1. The molecule has 0 spiro atoms. The second kappa shape index (κ2) is 2.82. The summed E-state index contributed by atoms with van der Waals surface area (Å²) in [7, 11) is 1.89. The molecule has 1 rings (SSSR count). The normalized spacial score (nSPS) is 10.8. The summed E-state index contributed by atoms with van der Waals surface area (Å²) in [4.78, 5) is 0. The van der Waals surface area contributed by atoms with E-state index in [2.05, 4.69) is 24.2 Å². The Morgan fingerprint density at radius 2 is 2.30 bits per heavy atom. The Labute approximate surface area is 61.1 Å². The molecule has 0 saturated carbocycles. The number of nitrogens with zero attached hydrogens (tertiary/aromatic N) is 3. The molecule has 1 aromatic heterocycles. The lowest BCUT2D eigenvalue weighted by Crippen LogP contribution is -1.93. The Kier molecular flexibility index (Phi) is 2.04. The van der Waals surface area contributed by atoms with E-state index < -0.39 is 0 Å². The van der Waals surface area contributed by atoms with E-state index in [1.54, 1.807) is 4.68 Å². The van der Waals surface area contributed by atoms with Gasteiger partial charge in [0.2, 0.25) is 0 Å². The molecule has 1 heterocycles. The molecule has 3 heteroatoms. The first-order valence-electron chi connectivity index (χ1n) is 3.53. The van der Waals surface area contributed by atoms with Gasteiger partial charge in [-0.05, 0) is 12.3 Å².